The van der Waals surface area contributed by atoms with Crippen LogP contribution in [0.25, 0.3) is 10.8 Å². The lowest BCUT2D eigenvalue weighted by Gasteiger charge is -2.12. The van der Waals surface area contributed by atoms with E-state index in [4.69, 9.17) is 10.8 Å². The quantitative estimate of drug-likeness (QED) is 0.104. The van der Waals surface area contributed by atoms with Gasteiger partial charge in [0.1, 0.15) is 16.3 Å². The number of nitrogens with zero attached hydrogens (tertiary/aromatic N) is 4. The second-order valence-electron chi connectivity index (χ2n) is 8.35. The predicted octanol–water partition coefficient (Wildman–Crippen LogP) is 5.46. The van der Waals surface area contributed by atoms with Crippen molar-refractivity contribution in [3.8, 4) is 5.75 Å². The number of nitrogens with two attached hydrogens (primary N) is 1. The number of phenolic OH excluding ortho intramolecular Hbond substituents is 1. The zero-order valence-corrected chi connectivity index (χ0v) is 21.9. The van der Waals surface area contributed by atoms with Crippen LogP contribution in [0.2, 0.25) is 0 Å². The van der Waals surface area contributed by atoms with Crippen molar-refractivity contribution >= 4 is 65.4 Å². The number of carboxylic acid groups (broad SMARTS) is 1. The van der Waals surface area contributed by atoms with Crippen LogP contribution in [0.3, 0.4) is 0 Å². The average Bonchev–Trinajstić information content (AvgIpc) is 2.86. The van der Waals surface area contributed by atoms with Gasteiger partial charge in [0.25, 0.3) is 20.2 Å². The molecular formula is C24H19N5O9S2. The molecular weight excluding hydrogens is 566 g/mol. The molecule has 4 aromatic carbocycles. The predicted molar refractivity (Wildman–Crippen MR) is 143 cm³/mol. The van der Waals surface area contributed by atoms with Gasteiger partial charge in [0.2, 0.25) is 0 Å². The number of fused-ring (bicyclic) bond motifs is 1. The highest BCUT2D eigenvalue weighted by Crippen LogP contribution is 2.42. The van der Waals surface area contributed by atoms with Crippen LogP contribution in [0, 0.1) is 6.92 Å². The third-order valence-corrected chi connectivity index (χ3v) is 7.29. The van der Waals surface area contributed by atoms with Gasteiger partial charge >= 0.3 is 5.97 Å². The van der Waals surface area contributed by atoms with Crippen molar-refractivity contribution in [2.75, 3.05) is 5.73 Å². The van der Waals surface area contributed by atoms with Gasteiger partial charge in [-0.3, -0.25) is 9.11 Å². The molecule has 0 saturated carbocycles. The van der Waals surface area contributed by atoms with E-state index in [1.165, 1.54) is 24.3 Å². The summed E-state index contributed by atoms with van der Waals surface area (Å²) in [4.78, 5) is 9.47. The van der Waals surface area contributed by atoms with E-state index in [9.17, 15) is 35.8 Å². The number of carbonyl (C=O) groups is 1. The molecule has 0 amide bonds. The Kier molecular flexibility index (Phi) is 7.36. The van der Waals surface area contributed by atoms with Crippen LogP contribution >= 0.6 is 0 Å². The Labute approximate surface area is 226 Å². The van der Waals surface area contributed by atoms with Gasteiger partial charge in [-0.2, -0.15) is 32.2 Å². The monoisotopic (exact) mass is 585 g/mol. The van der Waals surface area contributed by atoms with Gasteiger partial charge in [-0.25, -0.2) is 4.79 Å². The zero-order valence-electron chi connectivity index (χ0n) is 20.3. The number of phenols is 1. The van der Waals surface area contributed by atoms with E-state index in [-0.39, 0.29) is 28.0 Å². The van der Waals surface area contributed by atoms with Crippen LogP contribution in [-0.4, -0.2) is 42.1 Å². The van der Waals surface area contributed by atoms with E-state index in [0.717, 1.165) is 12.1 Å². The van der Waals surface area contributed by atoms with Crippen molar-refractivity contribution in [2.45, 2.75) is 16.7 Å². The highest BCUT2D eigenvalue weighted by Gasteiger charge is 2.24. The fourth-order valence-electron chi connectivity index (χ4n) is 3.67. The fraction of sp³-hybridized carbons (Fsp3) is 0.0417. The lowest BCUT2D eigenvalue weighted by atomic mass is 10.1. The fourth-order valence-corrected chi connectivity index (χ4v) is 4.90. The summed E-state index contributed by atoms with van der Waals surface area (Å²) in [6.07, 6.45) is 0. The SMILES string of the molecule is Cc1cc(/N=N/c2cc(S(=O)(=O)O)c3cc(S(=O)(=O)O)cc(O)c3c2N)ccc1/N=N/c1cccc(C(=O)O)c1. The third-order valence-electron chi connectivity index (χ3n) is 5.57. The van der Waals surface area contributed by atoms with Gasteiger partial charge in [-0.15, -0.1) is 5.11 Å². The Morgan fingerprint density at radius 3 is 2.05 bits per heavy atom. The van der Waals surface area contributed by atoms with Gasteiger partial charge in [0.05, 0.1) is 38.6 Å². The first-order chi connectivity index (χ1) is 18.6. The molecule has 4 rings (SSSR count). The van der Waals surface area contributed by atoms with E-state index >= 15 is 0 Å². The van der Waals surface area contributed by atoms with Crippen LogP contribution < -0.4 is 5.73 Å². The third kappa shape index (κ3) is 5.94. The van der Waals surface area contributed by atoms with Crippen LogP contribution in [0.15, 0.2) is 90.9 Å². The number of anilines is 1. The zero-order chi connectivity index (χ0) is 29.4. The number of nitrogen functional groups attached to an aromatic ring is 1. The Bertz CT molecular complexity index is 1970. The van der Waals surface area contributed by atoms with Crippen molar-refractivity contribution in [3.05, 3.63) is 71.8 Å². The molecule has 0 aromatic heterocycles. The molecule has 0 aliphatic rings. The molecule has 0 unspecified atom stereocenters. The maximum atomic E-state index is 12.1. The van der Waals surface area contributed by atoms with Crippen LogP contribution in [0.4, 0.5) is 28.4 Å². The number of benzene rings is 4. The standard InChI is InChI=1S/C24H19N5O9S2/c1-12-7-15(5-6-18(12)28-26-14-4-2-3-13(8-14)24(31)32)27-29-19-11-21(40(36,37)38)17-9-16(39(33,34)35)10-20(30)22(17)23(19)25/h2-11,30H,25H2,1H3,(H,31,32)(H,33,34,35)(H,36,37,38)/b28-26+,29-27+. The highest BCUT2D eigenvalue weighted by atomic mass is 32.2. The maximum Gasteiger partial charge on any atom is 0.335 e. The number of rotatable bonds is 7. The summed E-state index contributed by atoms with van der Waals surface area (Å²) in [6, 6.07) is 12.8. The van der Waals surface area contributed by atoms with E-state index in [1.807, 2.05) is 0 Å². The Morgan fingerprint density at radius 1 is 0.800 bits per heavy atom. The van der Waals surface area contributed by atoms with Crippen molar-refractivity contribution in [1.29, 1.82) is 0 Å². The first-order valence-electron chi connectivity index (χ1n) is 11.0. The molecule has 0 saturated heterocycles. The minimum absolute atomic E-state index is 0.0567. The van der Waals surface area contributed by atoms with Crippen molar-refractivity contribution in [2.24, 2.45) is 20.5 Å². The summed E-state index contributed by atoms with van der Waals surface area (Å²) in [5.41, 5.74) is 7.23. The number of hydrogen-bond acceptors (Lipinski definition) is 11. The van der Waals surface area contributed by atoms with Gasteiger partial charge in [-0.1, -0.05) is 6.07 Å². The molecule has 14 nitrogen and oxygen atoms in total. The molecule has 16 heteroatoms. The smallest absolute Gasteiger partial charge is 0.335 e. The summed E-state index contributed by atoms with van der Waals surface area (Å²) in [5.74, 6) is -1.89. The Balaban J connectivity index is 1.72. The number of aromatic hydroxyl groups is 1. The molecule has 0 spiro atoms. The molecule has 0 bridgehead atoms. The van der Waals surface area contributed by atoms with Crippen molar-refractivity contribution < 1.29 is 40.9 Å². The first kappa shape index (κ1) is 28.2. The van der Waals surface area contributed by atoms with Crippen molar-refractivity contribution in [3.63, 3.8) is 0 Å². The molecule has 0 radical (unpaired) electrons. The minimum Gasteiger partial charge on any atom is -0.507 e. The topological polar surface area (TPSA) is 242 Å². The molecule has 0 fully saturated rings. The van der Waals surface area contributed by atoms with Gasteiger partial charge < -0.3 is 15.9 Å². The number of aromatic carboxylic acids is 1. The van der Waals surface area contributed by atoms with E-state index in [2.05, 4.69) is 20.5 Å². The van der Waals surface area contributed by atoms with E-state index < -0.39 is 47.1 Å². The number of azo groups is 2. The number of aryl methyl sites for hydroxylation is 1. The highest BCUT2D eigenvalue weighted by molar-refractivity contribution is 7.86. The van der Waals surface area contributed by atoms with Gasteiger partial charge in [0, 0.05) is 11.5 Å². The Hall–Kier alpha value is -4.77. The molecule has 0 aliphatic heterocycles. The molecule has 6 N–H and O–H groups in total. The molecule has 40 heavy (non-hydrogen) atoms. The summed E-state index contributed by atoms with van der Waals surface area (Å²) >= 11 is 0. The lowest BCUT2D eigenvalue weighted by Crippen LogP contribution is -2.04. The molecule has 0 heterocycles. The molecule has 206 valence electrons. The van der Waals surface area contributed by atoms with Crippen molar-refractivity contribution in [1.82, 2.24) is 0 Å². The lowest BCUT2D eigenvalue weighted by molar-refractivity contribution is 0.0697. The number of hydrogen-bond donors (Lipinski definition) is 5. The van der Waals surface area contributed by atoms with E-state index in [0.29, 0.717) is 23.0 Å². The molecule has 4 aromatic rings. The largest absolute Gasteiger partial charge is 0.507 e. The average molecular weight is 586 g/mol. The Morgan fingerprint density at radius 2 is 1.45 bits per heavy atom. The maximum absolute atomic E-state index is 12.1. The van der Waals surface area contributed by atoms with Crippen LogP contribution in [0.1, 0.15) is 15.9 Å². The van der Waals surface area contributed by atoms with Gasteiger partial charge in [0.15, 0.2) is 0 Å². The summed E-state index contributed by atoms with van der Waals surface area (Å²) in [6.45, 7) is 1.70. The normalized spacial score (nSPS) is 12.5. The molecule has 0 atom stereocenters. The summed E-state index contributed by atoms with van der Waals surface area (Å²) < 4.78 is 66.2. The van der Waals surface area contributed by atoms with Crippen LogP contribution in [0.5, 0.6) is 5.75 Å². The minimum atomic E-state index is -4.98. The van der Waals surface area contributed by atoms with E-state index in [1.54, 1.807) is 25.1 Å². The molecule has 0 aliphatic carbocycles. The van der Waals surface area contributed by atoms with Crippen LogP contribution in [-0.2, 0) is 20.2 Å². The number of carboxylic acids is 1. The summed E-state index contributed by atoms with van der Waals surface area (Å²) in [5, 5.41) is 34.8. The first-order valence-corrected chi connectivity index (χ1v) is 13.8. The van der Waals surface area contributed by atoms with Gasteiger partial charge in [-0.05, 0) is 61.0 Å². The summed E-state index contributed by atoms with van der Waals surface area (Å²) in [7, 11) is -9.82. The second-order valence-corrected chi connectivity index (χ2v) is 11.2. The second kappa shape index (κ2) is 10.4.